The fourth-order valence-electron chi connectivity index (χ4n) is 2.80. The van der Waals surface area contributed by atoms with Crippen LogP contribution in [0.15, 0.2) is 48.5 Å². The van der Waals surface area contributed by atoms with Crippen LogP contribution >= 0.6 is 0 Å². The molecule has 2 aromatic carbocycles. The molecule has 0 atom stereocenters. The van der Waals surface area contributed by atoms with E-state index in [9.17, 15) is 19.5 Å². The first kappa shape index (κ1) is 16.7. The number of nitrogens with zero attached hydrogens (tertiary/aromatic N) is 1. The molecule has 0 bridgehead atoms. The third-order valence-corrected chi connectivity index (χ3v) is 4.15. The van der Waals surface area contributed by atoms with Gasteiger partial charge in [-0.25, -0.2) is 0 Å². The summed E-state index contributed by atoms with van der Waals surface area (Å²) in [6, 6.07) is 13.6. The molecule has 0 saturated heterocycles. The van der Waals surface area contributed by atoms with Crippen molar-refractivity contribution in [2.75, 3.05) is 13.1 Å². The number of phenolic OH excluding ortho intramolecular Hbond substituents is 1. The van der Waals surface area contributed by atoms with Gasteiger partial charge >= 0.3 is 0 Å². The molecule has 0 radical (unpaired) electrons. The van der Waals surface area contributed by atoms with E-state index in [-0.39, 0.29) is 36.4 Å². The van der Waals surface area contributed by atoms with E-state index in [1.54, 1.807) is 42.5 Å². The minimum atomic E-state index is -0.359. The van der Waals surface area contributed by atoms with E-state index >= 15 is 0 Å². The van der Waals surface area contributed by atoms with Gasteiger partial charge in [-0.1, -0.05) is 30.3 Å². The quantitative estimate of drug-likeness (QED) is 0.786. The first-order valence-corrected chi connectivity index (χ1v) is 8.06. The van der Waals surface area contributed by atoms with Crippen LogP contribution in [0.1, 0.15) is 32.7 Å². The Morgan fingerprint density at radius 2 is 1.56 bits per heavy atom. The van der Waals surface area contributed by atoms with Crippen LogP contribution in [0.5, 0.6) is 5.75 Å². The van der Waals surface area contributed by atoms with E-state index in [1.807, 2.05) is 6.07 Å². The number of benzene rings is 2. The molecule has 128 valence electrons. The summed E-state index contributed by atoms with van der Waals surface area (Å²) in [7, 11) is 0. The Morgan fingerprint density at radius 1 is 0.960 bits per heavy atom. The molecule has 0 saturated carbocycles. The average Bonchev–Trinajstić information content (AvgIpc) is 2.86. The van der Waals surface area contributed by atoms with Gasteiger partial charge < -0.3 is 10.4 Å². The Morgan fingerprint density at radius 3 is 2.20 bits per heavy atom. The smallest absolute Gasteiger partial charge is 0.261 e. The molecule has 1 aliphatic heterocycles. The predicted octanol–water partition coefficient (Wildman–Crippen LogP) is 1.74. The first-order chi connectivity index (χ1) is 12.1. The lowest BCUT2D eigenvalue weighted by atomic mass is 10.1. The van der Waals surface area contributed by atoms with E-state index in [0.29, 0.717) is 24.1 Å². The largest absolute Gasteiger partial charge is 0.508 e. The highest BCUT2D eigenvalue weighted by molar-refractivity contribution is 6.21. The summed E-state index contributed by atoms with van der Waals surface area (Å²) in [5.41, 5.74) is 1.52. The standard InChI is InChI=1S/C19H18N2O4/c22-16-8-4-1-5-13(16)9-11-20-17(23)10-12-21-18(24)14-6-2-3-7-15(14)19(21)25/h1-8,22H,9-12H2,(H,20,23). The number of nitrogens with one attached hydrogen (secondary N) is 1. The topological polar surface area (TPSA) is 86.7 Å². The molecule has 3 amide bonds. The number of carbonyl (C=O) groups is 3. The molecule has 0 fully saturated rings. The molecular formula is C19H18N2O4. The summed E-state index contributed by atoms with van der Waals surface area (Å²) in [5, 5.41) is 12.4. The van der Waals surface area contributed by atoms with Crippen LogP contribution < -0.4 is 5.32 Å². The Labute approximate surface area is 145 Å². The highest BCUT2D eigenvalue weighted by Gasteiger charge is 2.34. The van der Waals surface area contributed by atoms with E-state index < -0.39 is 0 Å². The van der Waals surface area contributed by atoms with Gasteiger partial charge in [0.15, 0.2) is 0 Å². The number of carbonyl (C=O) groups excluding carboxylic acids is 3. The molecule has 1 aliphatic rings. The van der Waals surface area contributed by atoms with Gasteiger partial charge in [0.25, 0.3) is 11.8 Å². The van der Waals surface area contributed by atoms with Gasteiger partial charge in [0, 0.05) is 19.5 Å². The molecule has 2 N–H and O–H groups in total. The van der Waals surface area contributed by atoms with Crippen LogP contribution in [-0.2, 0) is 11.2 Å². The second-order valence-electron chi connectivity index (χ2n) is 5.79. The number of rotatable bonds is 6. The lowest BCUT2D eigenvalue weighted by Gasteiger charge is -2.13. The van der Waals surface area contributed by atoms with Crippen molar-refractivity contribution in [3.63, 3.8) is 0 Å². The van der Waals surface area contributed by atoms with Crippen molar-refractivity contribution in [1.82, 2.24) is 10.2 Å². The molecule has 6 nitrogen and oxygen atoms in total. The number of fused-ring (bicyclic) bond motifs is 1. The van der Waals surface area contributed by atoms with Crippen LogP contribution in [0.2, 0.25) is 0 Å². The summed E-state index contributed by atoms with van der Waals surface area (Å²) in [5.74, 6) is -0.764. The van der Waals surface area contributed by atoms with Crippen LogP contribution in [0.3, 0.4) is 0 Å². The van der Waals surface area contributed by atoms with Gasteiger partial charge in [-0.05, 0) is 30.2 Å². The minimum Gasteiger partial charge on any atom is -0.508 e. The number of hydrogen-bond donors (Lipinski definition) is 2. The van der Waals surface area contributed by atoms with Crippen molar-refractivity contribution in [2.24, 2.45) is 0 Å². The Balaban J connectivity index is 1.48. The van der Waals surface area contributed by atoms with Gasteiger partial charge in [0.2, 0.25) is 5.91 Å². The fraction of sp³-hybridized carbons (Fsp3) is 0.211. The number of amides is 3. The van der Waals surface area contributed by atoms with Crippen molar-refractivity contribution in [2.45, 2.75) is 12.8 Å². The third kappa shape index (κ3) is 3.52. The lowest BCUT2D eigenvalue weighted by Crippen LogP contribution is -2.35. The monoisotopic (exact) mass is 338 g/mol. The zero-order chi connectivity index (χ0) is 17.8. The van der Waals surface area contributed by atoms with Crippen molar-refractivity contribution in [3.8, 4) is 5.75 Å². The Kier molecular flexibility index (Phi) is 4.79. The molecule has 1 heterocycles. The maximum atomic E-state index is 12.2. The fourth-order valence-corrected chi connectivity index (χ4v) is 2.80. The molecule has 25 heavy (non-hydrogen) atoms. The summed E-state index contributed by atoms with van der Waals surface area (Å²) in [6.07, 6.45) is 0.553. The van der Waals surface area contributed by atoms with Crippen LogP contribution in [-0.4, -0.2) is 40.8 Å². The first-order valence-electron chi connectivity index (χ1n) is 8.06. The zero-order valence-electron chi connectivity index (χ0n) is 13.6. The molecule has 3 rings (SSSR count). The van der Waals surface area contributed by atoms with Crippen molar-refractivity contribution < 1.29 is 19.5 Å². The van der Waals surface area contributed by atoms with Crippen LogP contribution in [0, 0.1) is 0 Å². The molecule has 6 heteroatoms. The summed E-state index contributed by atoms with van der Waals surface area (Å²) in [6.45, 7) is 0.424. The highest BCUT2D eigenvalue weighted by Crippen LogP contribution is 2.22. The minimum absolute atomic E-state index is 0.0479. The van der Waals surface area contributed by atoms with E-state index in [4.69, 9.17) is 0 Å². The normalized spacial score (nSPS) is 13.0. The van der Waals surface area contributed by atoms with Crippen molar-refractivity contribution in [1.29, 1.82) is 0 Å². The molecular weight excluding hydrogens is 320 g/mol. The summed E-state index contributed by atoms with van der Waals surface area (Å²) >= 11 is 0. The Bertz CT molecular complexity index is 797. The molecule has 0 aromatic heterocycles. The molecule has 0 spiro atoms. The van der Waals surface area contributed by atoms with Gasteiger partial charge in [0.1, 0.15) is 5.75 Å². The van der Waals surface area contributed by atoms with E-state index in [0.717, 1.165) is 10.5 Å². The maximum Gasteiger partial charge on any atom is 0.261 e. The maximum absolute atomic E-state index is 12.2. The van der Waals surface area contributed by atoms with Crippen LogP contribution in [0.4, 0.5) is 0 Å². The second-order valence-corrected chi connectivity index (χ2v) is 5.79. The summed E-state index contributed by atoms with van der Waals surface area (Å²) < 4.78 is 0. The third-order valence-electron chi connectivity index (χ3n) is 4.15. The predicted molar refractivity (Wildman–Crippen MR) is 91.2 cm³/mol. The van der Waals surface area contributed by atoms with E-state index in [1.165, 1.54) is 0 Å². The van der Waals surface area contributed by atoms with Crippen LogP contribution in [0.25, 0.3) is 0 Å². The number of phenols is 1. The molecule has 0 aliphatic carbocycles. The van der Waals surface area contributed by atoms with Crippen molar-refractivity contribution >= 4 is 17.7 Å². The molecule has 2 aromatic rings. The van der Waals surface area contributed by atoms with Gasteiger partial charge in [0.05, 0.1) is 11.1 Å². The summed E-state index contributed by atoms with van der Waals surface area (Å²) in [4.78, 5) is 37.4. The second kappa shape index (κ2) is 7.17. The van der Waals surface area contributed by atoms with Gasteiger partial charge in [-0.2, -0.15) is 0 Å². The number of imide groups is 1. The van der Waals surface area contributed by atoms with Crippen molar-refractivity contribution in [3.05, 3.63) is 65.2 Å². The lowest BCUT2D eigenvalue weighted by molar-refractivity contribution is -0.121. The number of hydrogen-bond acceptors (Lipinski definition) is 4. The van der Waals surface area contributed by atoms with Gasteiger partial charge in [-0.15, -0.1) is 0 Å². The molecule has 0 unspecified atom stereocenters. The highest BCUT2D eigenvalue weighted by atomic mass is 16.3. The zero-order valence-corrected chi connectivity index (χ0v) is 13.6. The number of aromatic hydroxyl groups is 1. The number of para-hydroxylation sites is 1. The van der Waals surface area contributed by atoms with Gasteiger partial charge in [-0.3, -0.25) is 19.3 Å². The van der Waals surface area contributed by atoms with E-state index in [2.05, 4.69) is 5.32 Å². The average molecular weight is 338 g/mol. The SMILES string of the molecule is O=C(CCN1C(=O)c2ccccc2C1=O)NCCc1ccccc1O. The Hall–Kier alpha value is -3.15.